The molecule has 3 heteroatoms. The highest BCUT2D eigenvalue weighted by atomic mass is 31.1. The van der Waals surface area contributed by atoms with Crippen LogP contribution < -0.4 is 10.7 Å². The van der Waals surface area contributed by atoms with Gasteiger partial charge < -0.3 is 4.42 Å². The summed E-state index contributed by atoms with van der Waals surface area (Å²) in [7, 11) is 0.697. The van der Waals surface area contributed by atoms with E-state index >= 15 is 0 Å². The number of fused-ring (bicyclic) bond motifs is 1. The van der Waals surface area contributed by atoms with Crippen molar-refractivity contribution in [3.63, 3.8) is 0 Å². The lowest BCUT2D eigenvalue weighted by Crippen LogP contribution is -2.06. The summed E-state index contributed by atoms with van der Waals surface area (Å²) in [5.41, 5.74) is 3.38. The Labute approximate surface area is 119 Å². The van der Waals surface area contributed by atoms with Crippen LogP contribution in [0.15, 0.2) is 57.9 Å². The Morgan fingerprint density at radius 2 is 1.80 bits per heavy atom. The SMILES string of the molecule is CPc1ccc2c(=O)c(-c3ccc(C)cc3)coc2c1. The Bertz CT molecular complexity index is 817. The summed E-state index contributed by atoms with van der Waals surface area (Å²) in [5.74, 6) is 0. The van der Waals surface area contributed by atoms with E-state index in [1.807, 2.05) is 49.4 Å². The van der Waals surface area contributed by atoms with Crippen LogP contribution in [0.5, 0.6) is 0 Å². The lowest BCUT2D eigenvalue weighted by Gasteiger charge is -2.04. The summed E-state index contributed by atoms with van der Waals surface area (Å²) < 4.78 is 5.66. The highest BCUT2D eigenvalue weighted by molar-refractivity contribution is 7.46. The van der Waals surface area contributed by atoms with Gasteiger partial charge >= 0.3 is 0 Å². The molecule has 1 aromatic heterocycles. The zero-order chi connectivity index (χ0) is 14.1. The van der Waals surface area contributed by atoms with Crippen LogP contribution in [-0.2, 0) is 0 Å². The zero-order valence-corrected chi connectivity index (χ0v) is 12.4. The van der Waals surface area contributed by atoms with Gasteiger partial charge in [-0.05, 0) is 36.6 Å². The van der Waals surface area contributed by atoms with Crippen LogP contribution in [0.25, 0.3) is 22.1 Å². The Balaban J connectivity index is 2.21. The second kappa shape index (κ2) is 5.22. The van der Waals surface area contributed by atoms with Gasteiger partial charge in [0.25, 0.3) is 0 Å². The summed E-state index contributed by atoms with van der Waals surface area (Å²) in [6.45, 7) is 4.14. The molecule has 0 saturated carbocycles. The lowest BCUT2D eigenvalue weighted by molar-refractivity contribution is 0.605. The summed E-state index contributed by atoms with van der Waals surface area (Å²) >= 11 is 0. The molecule has 0 saturated heterocycles. The van der Waals surface area contributed by atoms with Gasteiger partial charge in [0, 0.05) is 0 Å². The molecule has 0 aliphatic rings. The van der Waals surface area contributed by atoms with Gasteiger partial charge in [0.05, 0.1) is 10.9 Å². The van der Waals surface area contributed by atoms with Crippen LogP contribution in [0.2, 0.25) is 0 Å². The molecule has 2 nitrogen and oxygen atoms in total. The molecule has 1 unspecified atom stereocenters. The number of benzene rings is 2. The van der Waals surface area contributed by atoms with Crippen LogP contribution in [0.4, 0.5) is 0 Å². The molecule has 0 amide bonds. The number of hydrogen-bond donors (Lipinski definition) is 0. The van der Waals surface area contributed by atoms with Gasteiger partial charge in [-0.25, -0.2) is 0 Å². The fourth-order valence-corrected chi connectivity index (χ4v) is 2.74. The third-order valence-corrected chi connectivity index (χ3v) is 4.31. The molecule has 0 bridgehead atoms. The molecule has 0 aliphatic heterocycles. The highest BCUT2D eigenvalue weighted by Gasteiger charge is 2.09. The molecule has 100 valence electrons. The van der Waals surface area contributed by atoms with Gasteiger partial charge in [-0.15, -0.1) is 0 Å². The molecule has 0 fully saturated rings. The van der Waals surface area contributed by atoms with Crippen molar-refractivity contribution in [1.29, 1.82) is 0 Å². The lowest BCUT2D eigenvalue weighted by atomic mass is 10.0. The molecule has 1 atom stereocenters. The zero-order valence-electron chi connectivity index (χ0n) is 11.4. The minimum Gasteiger partial charge on any atom is -0.463 e. The molecule has 1 heterocycles. The van der Waals surface area contributed by atoms with Crippen LogP contribution in [-0.4, -0.2) is 6.66 Å². The molecule has 20 heavy (non-hydrogen) atoms. The van der Waals surface area contributed by atoms with E-state index in [0.29, 0.717) is 25.1 Å². The van der Waals surface area contributed by atoms with E-state index in [9.17, 15) is 4.79 Å². The maximum absolute atomic E-state index is 12.6. The topological polar surface area (TPSA) is 30.2 Å². The summed E-state index contributed by atoms with van der Waals surface area (Å²) in [6, 6.07) is 13.7. The van der Waals surface area contributed by atoms with E-state index < -0.39 is 0 Å². The van der Waals surface area contributed by atoms with Crippen LogP contribution in [0, 0.1) is 6.92 Å². The standard InChI is InChI=1S/C17H15O2P/c1-11-3-5-12(6-4-11)15-10-19-16-9-13(20-2)7-8-14(16)17(15)18/h3-10,20H,1-2H3. The van der Waals surface area contributed by atoms with Crippen LogP contribution >= 0.6 is 8.58 Å². The van der Waals surface area contributed by atoms with Crippen molar-refractivity contribution >= 4 is 24.9 Å². The van der Waals surface area contributed by atoms with Crippen LogP contribution in [0.1, 0.15) is 5.56 Å². The predicted octanol–water partition coefficient (Wildman–Crippen LogP) is 3.70. The van der Waals surface area contributed by atoms with E-state index in [1.165, 1.54) is 10.9 Å². The molecule has 0 N–H and O–H groups in total. The van der Waals surface area contributed by atoms with Crippen molar-refractivity contribution in [2.24, 2.45) is 0 Å². The number of aryl methyl sites for hydroxylation is 1. The predicted molar refractivity (Wildman–Crippen MR) is 86.5 cm³/mol. The van der Waals surface area contributed by atoms with Crippen molar-refractivity contribution in [2.45, 2.75) is 6.92 Å². The van der Waals surface area contributed by atoms with Gasteiger partial charge in [-0.2, -0.15) is 0 Å². The smallest absolute Gasteiger partial charge is 0.200 e. The monoisotopic (exact) mass is 282 g/mol. The first-order valence-electron chi connectivity index (χ1n) is 6.49. The average molecular weight is 282 g/mol. The second-order valence-corrected chi connectivity index (χ2v) is 5.88. The van der Waals surface area contributed by atoms with Crippen molar-refractivity contribution in [3.05, 3.63) is 64.5 Å². The van der Waals surface area contributed by atoms with Gasteiger partial charge in [-0.3, -0.25) is 4.79 Å². The maximum Gasteiger partial charge on any atom is 0.200 e. The normalized spacial score (nSPS) is 11.5. The molecule has 0 aliphatic carbocycles. The molecule has 3 aromatic rings. The third-order valence-electron chi connectivity index (χ3n) is 3.43. The summed E-state index contributed by atoms with van der Waals surface area (Å²) in [6.07, 6.45) is 1.57. The summed E-state index contributed by atoms with van der Waals surface area (Å²) in [5, 5.41) is 1.84. The first kappa shape index (κ1) is 13.1. The third kappa shape index (κ3) is 2.28. The van der Waals surface area contributed by atoms with E-state index in [0.717, 1.165) is 5.56 Å². The fraction of sp³-hybridized carbons (Fsp3) is 0.118. The van der Waals surface area contributed by atoms with E-state index in [2.05, 4.69) is 6.66 Å². The van der Waals surface area contributed by atoms with Gasteiger partial charge in [0.15, 0.2) is 5.43 Å². The fourth-order valence-electron chi connectivity index (χ4n) is 2.22. The van der Waals surface area contributed by atoms with Gasteiger partial charge in [0.1, 0.15) is 11.8 Å². The molecule has 2 aromatic carbocycles. The molecular formula is C17H15O2P. The van der Waals surface area contributed by atoms with E-state index in [1.54, 1.807) is 6.26 Å². The van der Waals surface area contributed by atoms with Crippen molar-refractivity contribution < 1.29 is 4.42 Å². The number of hydrogen-bond acceptors (Lipinski definition) is 2. The molecular weight excluding hydrogens is 267 g/mol. The first-order valence-corrected chi connectivity index (χ1v) is 7.99. The van der Waals surface area contributed by atoms with Crippen molar-refractivity contribution in [1.82, 2.24) is 0 Å². The minimum absolute atomic E-state index is 0.0288. The quantitative estimate of drug-likeness (QED) is 0.671. The molecule has 3 rings (SSSR count). The van der Waals surface area contributed by atoms with E-state index in [4.69, 9.17) is 4.42 Å². The second-order valence-electron chi connectivity index (χ2n) is 4.81. The largest absolute Gasteiger partial charge is 0.463 e. The van der Waals surface area contributed by atoms with E-state index in [-0.39, 0.29) is 5.43 Å². The summed E-state index contributed by atoms with van der Waals surface area (Å²) in [4.78, 5) is 12.6. The highest BCUT2D eigenvalue weighted by Crippen LogP contribution is 2.20. The Hall–Kier alpha value is -1.92. The van der Waals surface area contributed by atoms with Crippen LogP contribution in [0.3, 0.4) is 0 Å². The Morgan fingerprint density at radius 3 is 2.50 bits per heavy atom. The molecule has 0 spiro atoms. The van der Waals surface area contributed by atoms with Gasteiger partial charge in [0.2, 0.25) is 0 Å². The Morgan fingerprint density at radius 1 is 1.05 bits per heavy atom. The number of rotatable bonds is 2. The van der Waals surface area contributed by atoms with Crippen molar-refractivity contribution in [3.8, 4) is 11.1 Å². The first-order chi connectivity index (χ1) is 9.69. The average Bonchev–Trinajstić information content (AvgIpc) is 2.48. The molecule has 0 radical (unpaired) electrons. The minimum atomic E-state index is 0.0288. The van der Waals surface area contributed by atoms with Crippen molar-refractivity contribution in [2.75, 3.05) is 6.66 Å². The maximum atomic E-state index is 12.6. The Kier molecular flexibility index (Phi) is 3.42. The van der Waals surface area contributed by atoms with Gasteiger partial charge in [-0.1, -0.05) is 44.5 Å².